The Morgan fingerprint density at radius 2 is 2.30 bits per heavy atom. The summed E-state index contributed by atoms with van der Waals surface area (Å²) in [6, 6.07) is 6.38. The van der Waals surface area contributed by atoms with Crippen molar-refractivity contribution in [3.8, 4) is 11.4 Å². The molecule has 0 radical (unpaired) electrons. The van der Waals surface area contributed by atoms with Crippen molar-refractivity contribution in [1.82, 2.24) is 20.1 Å². The topological polar surface area (TPSA) is 42.7 Å². The van der Waals surface area contributed by atoms with Crippen LogP contribution >= 0.6 is 0 Å². The zero-order valence-corrected chi connectivity index (χ0v) is 12.0. The minimum Gasteiger partial charge on any atom is -0.316 e. The number of nitrogens with zero attached hydrogens (tertiary/aromatic N) is 3. The maximum absolute atomic E-state index is 4.62. The van der Waals surface area contributed by atoms with Gasteiger partial charge in [0, 0.05) is 18.9 Å². The van der Waals surface area contributed by atoms with Gasteiger partial charge in [0.05, 0.1) is 11.4 Å². The molecule has 20 heavy (non-hydrogen) atoms. The Morgan fingerprint density at radius 1 is 1.35 bits per heavy atom. The van der Waals surface area contributed by atoms with Gasteiger partial charge in [0.2, 0.25) is 0 Å². The molecule has 2 aromatic heterocycles. The number of aromatic nitrogens is 3. The third-order valence-corrected chi connectivity index (χ3v) is 3.93. The van der Waals surface area contributed by atoms with Gasteiger partial charge in [0.1, 0.15) is 0 Å². The van der Waals surface area contributed by atoms with E-state index in [2.05, 4.69) is 34.5 Å². The first kappa shape index (κ1) is 13.3. The van der Waals surface area contributed by atoms with Crippen molar-refractivity contribution in [2.45, 2.75) is 32.7 Å². The lowest BCUT2D eigenvalue weighted by molar-refractivity contribution is 0.579. The Morgan fingerprint density at radius 3 is 3.00 bits per heavy atom. The van der Waals surface area contributed by atoms with E-state index in [1.54, 1.807) is 0 Å². The van der Waals surface area contributed by atoms with E-state index >= 15 is 0 Å². The van der Waals surface area contributed by atoms with Crippen molar-refractivity contribution in [2.24, 2.45) is 5.92 Å². The number of nitrogens with one attached hydrogen (secondary N) is 1. The van der Waals surface area contributed by atoms with Crippen molar-refractivity contribution in [3.63, 3.8) is 0 Å². The van der Waals surface area contributed by atoms with Crippen LogP contribution in [0.25, 0.3) is 11.4 Å². The van der Waals surface area contributed by atoms with Crippen molar-refractivity contribution >= 4 is 0 Å². The standard InChI is InChI=1S/C16H22N4/c1-2-9-20-16(6-8-19-20)15-4-3-13(12-18-15)10-14-5-7-17-11-14/h3-4,6,8,12,14,17H,2,5,7,9-11H2,1H3/t14-/m0/s1. The van der Waals surface area contributed by atoms with Gasteiger partial charge < -0.3 is 5.32 Å². The Kier molecular flexibility index (Phi) is 4.11. The van der Waals surface area contributed by atoms with Crippen LogP contribution in [0.2, 0.25) is 0 Å². The Labute approximate surface area is 120 Å². The summed E-state index contributed by atoms with van der Waals surface area (Å²) in [7, 11) is 0. The van der Waals surface area contributed by atoms with Crippen LogP contribution in [-0.4, -0.2) is 27.9 Å². The Balaban J connectivity index is 1.73. The molecule has 0 unspecified atom stereocenters. The predicted molar refractivity (Wildman–Crippen MR) is 80.4 cm³/mol. The highest BCUT2D eigenvalue weighted by Gasteiger charge is 2.15. The molecule has 0 aliphatic carbocycles. The summed E-state index contributed by atoms with van der Waals surface area (Å²) >= 11 is 0. The van der Waals surface area contributed by atoms with Crippen LogP contribution < -0.4 is 5.32 Å². The fourth-order valence-electron chi connectivity index (χ4n) is 2.86. The number of aryl methyl sites for hydroxylation is 1. The lowest BCUT2D eigenvalue weighted by Crippen LogP contribution is -2.10. The second-order valence-corrected chi connectivity index (χ2v) is 5.55. The van der Waals surface area contributed by atoms with Crippen LogP contribution in [0.5, 0.6) is 0 Å². The summed E-state index contributed by atoms with van der Waals surface area (Å²) in [4.78, 5) is 4.62. The van der Waals surface area contributed by atoms with E-state index in [1.807, 2.05) is 23.1 Å². The third kappa shape index (κ3) is 2.90. The molecule has 2 aromatic rings. The molecule has 4 heteroatoms. The first-order chi connectivity index (χ1) is 9.86. The van der Waals surface area contributed by atoms with E-state index in [1.165, 1.54) is 12.0 Å². The first-order valence-corrected chi connectivity index (χ1v) is 7.54. The molecule has 1 aliphatic heterocycles. The van der Waals surface area contributed by atoms with Crippen LogP contribution in [0.3, 0.4) is 0 Å². The quantitative estimate of drug-likeness (QED) is 0.907. The summed E-state index contributed by atoms with van der Waals surface area (Å²) in [6.45, 7) is 5.41. The van der Waals surface area contributed by atoms with Gasteiger partial charge >= 0.3 is 0 Å². The molecule has 1 fully saturated rings. The Bertz CT molecular complexity index is 538. The normalized spacial score (nSPS) is 18.6. The minimum atomic E-state index is 0.772. The molecule has 1 N–H and O–H groups in total. The average molecular weight is 270 g/mol. The molecule has 0 spiro atoms. The Hall–Kier alpha value is -1.68. The van der Waals surface area contributed by atoms with Crippen LogP contribution in [0.15, 0.2) is 30.6 Å². The number of pyridine rings is 1. The summed E-state index contributed by atoms with van der Waals surface area (Å²) in [5.41, 5.74) is 3.47. The molecule has 0 saturated carbocycles. The second kappa shape index (κ2) is 6.18. The van der Waals surface area contributed by atoms with Crippen LogP contribution in [0.1, 0.15) is 25.3 Å². The van der Waals surface area contributed by atoms with Crippen LogP contribution in [-0.2, 0) is 13.0 Å². The highest BCUT2D eigenvalue weighted by atomic mass is 15.3. The first-order valence-electron chi connectivity index (χ1n) is 7.54. The fraction of sp³-hybridized carbons (Fsp3) is 0.500. The number of hydrogen-bond donors (Lipinski definition) is 1. The zero-order valence-electron chi connectivity index (χ0n) is 12.0. The van der Waals surface area contributed by atoms with Crippen LogP contribution in [0.4, 0.5) is 0 Å². The minimum absolute atomic E-state index is 0.772. The van der Waals surface area contributed by atoms with E-state index in [0.717, 1.165) is 49.8 Å². The molecule has 0 amide bonds. The number of hydrogen-bond acceptors (Lipinski definition) is 3. The average Bonchev–Trinajstić information content (AvgIpc) is 3.12. The van der Waals surface area contributed by atoms with Crippen molar-refractivity contribution in [3.05, 3.63) is 36.2 Å². The zero-order chi connectivity index (χ0) is 13.8. The maximum Gasteiger partial charge on any atom is 0.0883 e. The lowest BCUT2D eigenvalue weighted by Gasteiger charge is -2.09. The van der Waals surface area contributed by atoms with Gasteiger partial charge in [-0.2, -0.15) is 5.10 Å². The van der Waals surface area contributed by atoms with E-state index in [-0.39, 0.29) is 0 Å². The molecule has 3 heterocycles. The summed E-state index contributed by atoms with van der Waals surface area (Å²) in [6.07, 6.45) is 7.38. The molecule has 0 aromatic carbocycles. The highest BCUT2D eigenvalue weighted by Crippen LogP contribution is 2.19. The van der Waals surface area contributed by atoms with Gasteiger partial charge in [-0.05, 0) is 56.0 Å². The molecule has 1 saturated heterocycles. The van der Waals surface area contributed by atoms with Gasteiger partial charge in [-0.3, -0.25) is 9.67 Å². The van der Waals surface area contributed by atoms with Gasteiger partial charge in [-0.25, -0.2) is 0 Å². The molecule has 4 nitrogen and oxygen atoms in total. The largest absolute Gasteiger partial charge is 0.316 e. The maximum atomic E-state index is 4.62. The molecule has 0 bridgehead atoms. The predicted octanol–water partition coefficient (Wildman–Crippen LogP) is 2.51. The van der Waals surface area contributed by atoms with E-state index in [4.69, 9.17) is 0 Å². The van der Waals surface area contributed by atoms with Gasteiger partial charge in [0.25, 0.3) is 0 Å². The summed E-state index contributed by atoms with van der Waals surface area (Å²) < 4.78 is 2.03. The van der Waals surface area contributed by atoms with Crippen molar-refractivity contribution in [1.29, 1.82) is 0 Å². The van der Waals surface area contributed by atoms with Crippen LogP contribution in [0, 0.1) is 5.92 Å². The lowest BCUT2D eigenvalue weighted by atomic mass is 10.00. The SMILES string of the molecule is CCCn1nccc1-c1ccc(C[C@@H]2CCNC2)cn1. The van der Waals surface area contributed by atoms with Gasteiger partial charge in [-0.15, -0.1) is 0 Å². The molecule has 1 atom stereocenters. The number of rotatable bonds is 5. The second-order valence-electron chi connectivity index (χ2n) is 5.55. The van der Waals surface area contributed by atoms with E-state index in [9.17, 15) is 0 Å². The molecule has 1 aliphatic rings. The fourth-order valence-corrected chi connectivity index (χ4v) is 2.86. The van der Waals surface area contributed by atoms with Gasteiger partial charge in [-0.1, -0.05) is 13.0 Å². The summed E-state index contributed by atoms with van der Waals surface area (Å²) in [5.74, 6) is 0.772. The molecule has 3 rings (SSSR count). The molecular formula is C16H22N4. The third-order valence-electron chi connectivity index (χ3n) is 3.93. The van der Waals surface area contributed by atoms with Gasteiger partial charge in [0.15, 0.2) is 0 Å². The monoisotopic (exact) mass is 270 g/mol. The van der Waals surface area contributed by atoms with Crippen molar-refractivity contribution in [2.75, 3.05) is 13.1 Å². The molecular weight excluding hydrogens is 248 g/mol. The summed E-state index contributed by atoms with van der Waals surface area (Å²) in [5, 5.41) is 7.77. The smallest absolute Gasteiger partial charge is 0.0883 e. The highest BCUT2D eigenvalue weighted by molar-refractivity contribution is 5.54. The van der Waals surface area contributed by atoms with E-state index < -0.39 is 0 Å². The van der Waals surface area contributed by atoms with Crippen molar-refractivity contribution < 1.29 is 0 Å². The molecule has 106 valence electrons. The van der Waals surface area contributed by atoms with E-state index in [0.29, 0.717) is 0 Å².